The fourth-order valence-electron chi connectivity index (χ4n) is 2.58. The van der Waals surface area contributed by atoms with E-state index in [0.29, 0.717) is 0 Å². The van der Waals surface area contributed by atoms with Gasteiger partial charge in [0, 0.05) is 6.21 Å². The van der Waals surface area contributed by atoms with Crippen LogP contribution in [-0.2, 0) is 21.1 Å². The third-order valence-electron chi connectivity index (χ3n) is 4.30. The summed E-state index contributed by atoms with van der Waals surface area (Å²) >= 11 is 0. The fraction of sp³-hybridized carbons (Fsp3) is 0.733. The van der Waals surface area contributed by atoms with Gasteiger partial charge in [-0.3, -0.25) is 9.56 Å². The van der Waals surface area contributed by atoms with Gasteiger partial charge >= 0.3 is 12.3 Å². The number of aromatic nitrogens is 3. The number of aliphatic imine (C=N–C) groups is 1. The molecule has 0 radical (unpaired) electrons. The van der Waals surface area contributed by atoms with Crippen LogP contribution in [0.25, 0.3) is 0 Å². The van der Waals surface area contributed by atoms with Gasteiger partial charge in [-0.1, -0.05) is 0 Å². The second-order valence-electron chi connectivity index (χ2n) is 6.65. The maximum Gasteiger partial charge on any atom is 0.417 e. The Morgan fingerprint density at radius 1 is 1.30 bits per heavy atom. The Kier molecular flexibility index (Phi) is 5.45. The Morgan fingerprint density at radius 2 is 1.93 bits per heavy atom. The summed E-state index contributed by atoms with van der Waals surface area (Å²) in [6.07, 6.45) is -8.16. The summed E-state index contributed by atoms with van der Waals surface area (Å²) in [5.41, 5.74) is -4.37. The molecule has 1 aromatic rings. The van der Waals surface area contributed by atoms with Crippen molar-refractivity contribution >= 4 is 12.4 Å². The SMILES string of the molecule is CCOC(F)(F)c1nnc2n1[C@](C)(C=N)C(OC(C)(C)C(F)(F)F)CN=C2. The number of fused-ring (bicyclic) bond motifs is 1. The molecule has 0 amide bonds. The summed E-state index contributed by atoms with van der Waals surface area (Å²) in [4.78, 5) is 3.91. The van der Waals surface area contributed by atoms with E-state index in [2.05, 4.69) is 19.9 Å². The zero-order valence-corrected chi connectivity index (χ0v) is 15.1. The smallest absolute Gasteiger partial charge is 0.358 e. The molecule has 0 spiro atoms. The van der Waals surface area contributed by atoms with E-state index < -0.39 is 35.4 Å². The molecule has 1 aromatic heterocycles. The van der Waals surface area contributed by atoms with Gasteiger partial charge in [0.2, 0.25) is 5.82 Å². The number of hydrogen-bond donors (Lipinski definition) is 1. The monoisotopic (exact) mass is 397 g/mol. The molecule has 2 atom stereocenters. The molecule has 7 nitrogen and oxygen atoms in total. The Hall–Kier alpha value is -1.95. The van der Waals surface area contributed by atoms with Crippen molar-refractivity contribution < 1.29 is 31.4 Å². The van der Waals surface area contributed by atoms with E-state index in [1.807, 2.05) is 0 Å². The summed E-state index contributed by atoms with van der Waals surface area (Å²) in [5.74, 6) is -1.09. The molecule has 12 heteroatoms. The zero-order valence-electron chi connectivity index (χ0n) is 15.1. The topological polar surface area (TPSA) is 85.4 Å². The molecule has 152 valence electrons. The molecule has 1 N–H and O–H groups in total. The van der Waals surface area contributed by atoms with Crippen molar-refractivity contribution in [3.05, 3.63) is 11.6 Å². The summed E-state index contributed by atoms with van der Waals surface area (Å²) in [6, 6.07) is 0. The number of alkyl halides is 5. The van der Waals surface area contributed by atoms with Crippen LogP contribution in [0.15, 0.2) is 4.99 Å². The van der Waals surface area contributed by atoms with Crippen LogP contribution < -0.4 is 0 Å². The lowest BCUT2D eigenvalue weighted by molar-refractivity contribution is -0.282. The van der Waals surface area contributed by atoms with Gasteiger partial charge in [-0.25, -0.2) is 0 Å². The normalized spacial score (nSPS) is 23.8. The average Bonchev–Trinajstić information content (AvgIpc) is 2.92. The van der Waals surface area contributed by atoms with Gasteiger partial charge in [-0.2, -0.15) is 22.0 Å². The minimum absolute atomic E-state index is 0.147. The van der Waals surface area contributed by atoms with Crippen LogP contribution in [-0.4, -0.2) is 58.2 Å². The molecule has 2 rings (SSSR count). The molecule has 1 aliphatic rings. The first-order chi connectivity index (χ1) is 12.3. The minimum Gasteiger partial charge on any atom is -0.358 e. The number of halogens is 5. The molecule has 2 heterocycles. The summed E-state index contributed by atoms with van der Waals surface area (Å²) in [7, 11) is 0. The quantitative estimate of drug-likeness (QED) is 0.591. The van der Waals surface area contributed by atoms with Crippen molar-refractivity contribution in [3.8, 4) is 0 Å². The molecular weight excluding hydrogens is 377 g/mol. The van der Waals surface area contributed by atoms with E-state index in [1.165, 1.54) is 13.8 Å². The molecule has 0 saturated carbocycles. The number of ether oxygens (including phenoxy) is 2. The van der Waals surface area contributed by atoms with Gasteiger partial charge in [-0.05, 0) is 27.7 Å². The van der Waals surface area contributed by atoms with Crippen molar-refractivity contribution in [1.29, 1.82) is 5.41 Å². The minimum atomic E-state index is -4.72. The Balaban J connectivity index is 2.58. The lowest BCUT2D eigenvalue weighted by atomic mass is 9.93. The predicted octanol–water partition coefficient (Wildman–Crippen LogP) is 2.89. The summed E-state index contributed by atoms with van der Waals surface area (Å²) in [5, 5.41) is 14.8. The van der Waals surface area contributed by atoms with Gasteiger partial charge in [0.25, 0.3) is 0 Å². The first-order valence-electron chi connectivity index (χ1n) is 8.04. The molecule has 0 aliphatic carbocycles. The van der Waals surface area contributed by atoms with Crippen LogP contribution >= 0.6 is 0 Å². The van der Waals surface area contributed by atoms with E-state index >= 15 is 0 Å². The van der Waals surface area contributed by atoms with Crippen molar-refractivity contribution in [2.24, 2.45) is 4.99 Å². The Morgan fingerprint density at radius 3 is 2.44 bits per heavy atom. The molecule has 27 heavy (non-hydrogen) atoms. The summed E-state index contributed by atoms with van der Waals surface area (Å²) < 4.78 is 79.0. The van der Waals surface area contributed by atoms with E-state index in [4.69, 9.17) is 10.1 Å². The van der Waals surface area contributed by atoms with Gasteiger partial charge in [0.1, 0.15) is 11.6 Å². The predicted molar refractivity (Wildman–Crippen MR) is 85.4 cm³/mol. The number of nitrogens with zero attached hydrogens (tertiary/aromatic N) is 4. The third kappa shape index (κ3) is 3.72. The largest absolute Gasteiger partial charge is 0.417 e. The highest BCUT2D eigenvalue weighted by atomic mass is 19.4. The van der Waals surface area contributed by atoms with Crippen molar-refractivity contribution in [2.45, 2.75) is 57.2 Å². The van der Waals surface area contributed by atoms with Crippen LogP contribution in [0, 0.1) is 5.41 Å². The van der Waals surface area contributed by atoms with E-state index in [9.17, 15) is 22.0 Å². The number of hydrogen-bond acceptors (Lipinski definition) is 6. The Labute approximate surface area is 152 Å². The van der Waals surface area contributed by atoms with Crippen molar-refractivity contribution in [2.75, 3.05) is 13.2 Å². The zero-order chi connectivity index (χ0) is 20.7. The Bertz CT molecular complexity index is 731. The van der Waals surface area contributed by atoms with Crippen LogP contribution in [0.3, 0.4) is 0 Å². The number of nitrogens with one attached hydrogen (secondary N) is 1. The van der Waals surface area contributed by atoms with Crippen LogP contribution in [0.4, 0.5) is 22.0 Å². The maximum absolute atomic E-state index is 14.4. The second kappa shape index (κ2) is 6.89. The van der Waals surface area contributed by atoms with Gasteiger partial charge in [0.05, 0.1) is 19.4 Å². The molecule has 0 fully saturated rings. The molecular formula is C15H20F5N5O2. The fourth-order valence-corrected chi connectivity index (χ4v) is 2.58. The van der Waals surface area contributed by atoms with Gasteiger partial charge in [0.15, 0.2) is 11.4 Å². The molecule has 0 bridgehead atoms. The van der Waals surface area contributed by atoms with Crippen molar-refractivity contribution in [1.82, 2.24) is 14.8 Å². The molecule has 1 unspecified atom stereocenters. The molecule has 0 saturated heterocycles. The van der Waals surface area contributed by atoms with Crippen LogP contribution in [0.5, 0.6) is 0 Å². The highest BCUT2D eigenvalue weighted by Crippen LogP contribution is 2.39. The van der Waals surface area contributed by atoms with Crippen LogP contribution in [0.2, 0.25) is 0 Å². The van der Waals surface area contributed by atoms with Gasteiger partial charge < -0.3 is 14.9 Å². The lowest BCUT2D eigenvalue weighted by Gasteiger charge is -2.40. The lowest BCUT2D eigenvalue weighted by Crippen LogP contribution is -2.54. The van der Waals surface area contributed by atoms with E-state index in [1.54, 1.807) is 0 Å². The van der Waals surface area contributed by atoms with E-state index in [-0.39, 0.29) is 19.0 Å². The summed E-state index contributed by atoms with van der Waals surface area (Å²) in [6.45, 7) is 3.62. The number of rotatable bonds is 6. The first-order valence-corrected chi connectivity index (χ1v) is 8.04. The third-order valence-corrected chi connectivity index (χ3v) is 4.30. The van der Waals surface area contributed by atoms with Crippen LogP contribution in [0.1, 0.15) is 39.3 Å². The van der Waals surface area contributed by atoms with Crippen molar-refractivity contribution in [3.63, 3.8) is 0 Å². The second-order valence-corrected chi connectivity index (χ2v) is 6.65. The maximum atomic E-state index is 14.4. The first kappa shape index (κ1) is 21.4. The standard InChI is InChI=1S/C15H20F5N5O2/c1-5-26-14(16,17)11-24-23-10-7-22-6-9(13(4,8-21)25(10)11)27-12(2,3)15(18,19)20/h7-9,21H,5-6H2,1-4H3/t9?,13-/m1/s1. The molecule has 1 aliphatic heterocycles. The average molecular weight is 397 g/mol. The molecule has 0 aromatic carbocycles. The highest BCUT2D eigenvalue weighted by molar-refractivity contribution is 5.78. The highest BCUT2D eigenvalue weighted by Gasteiger charge is 2.54. The van der Waals surface area contributed by atoms with E-state index in [0.717, 1.165) is 30.8 Å². The van der Waals surface area contributed by atoms with Gasteiger partial charge in [-0.15, -0.1) is 10.2 Å².